The Morgan fingerprint density at radius 1 is 1.27 bits per heavy atom. The van der Waals surface area contributed by atoms with E-state index in [4.69, 9.17) is 5.26 Å². The number of nitrogens with one attached hydrogen (secondary N) is 1. The molecule has 1 aliphatic rings. The van der Waals surface area contributed by atoms with Crippen LogP contribution >= 0.6 is 7.26 Å². The van der Waals surface area contributed by atoms with Gasteiger partial charge in [0.2, 0.25) is 0 Å². The van der Waals surface area contributed by atoms with Gasteiger partial charge in [0.1, 0.15) is 0 Å². The van der Waals surface area contributed by atoms with E-state index in [9.17, 15) is 4.79 Å². The summed E-state index contributed by atoms with van der Waals surface area (Å²) in [5, 5.41) is 12.1. The van der Waals surface area contributed by atoms with Gasteiger partial charge in [-0.15, -0.1) is 0 Å². The average molecular weight is 317 g/mol. The van der Waals surface area contributed by atoms with Crippen molar-refractivity contribution in [1.29, 1.82) is 5.26 Å². The maximum Gasteiger partial charge on any atom is 0.268 e. The van der Waals surface area contributed by atoms with E-state index in [2.05, 4.69) is 31.9 Å². The first-order chi connectivity index (χ1) is 10.3. The van der Waals surface area contributed by atoms with Crippen LogP contribution in [0, 0.1) is 25.2 Å². The number of hydrogen-bond acceptors (Lipinski definition) is 2. The number of benzene rings is 1. The number of hydrogen-bond donors (Lipinski definition) is 1. The fourth-order valence-electron chi connectivity index (χ4n) is 3.41. The minimum absolute atomic E-state index is 0.108. The highest BCUT2D eigenvalue weighted by atomic mass is 31.2. The van der Waals surface area contributed by atoms with Gasteiger partial charge in [-0.1, -0.05) is 0 Å². The molecule has 0 unspecified atom stereocenters. The first-order valence-electron chi connectivity index (χ1n) is 8.01. The second kappa shape index (κ2) is 6.01. The van der Waals surface area contributed by atoms with Gasteiger partial charge < -0.3 is 5.32 Å². The zero-order valence-corrected chi connectivity index (χ0v) is 15.2. The normalized spacial score (nSPS) is 16.0. The molecule has 22 heavy (non-hydrogen) atoms. The van der Waals surface area contributed by atoms with Crippen molar-refractivity contribution in [2.24, 2.45) is 0 Å². The van der Waals surface area contributed by atoms with Gasteiger partial charge in [0.05, 0.1) is 24.0 Å². The summed E-state index contributed by atoms with van der Waals surface area (Å²) in [7, 11) is -1.23. The van der Waals surface area contributed by atoms with E-state index >= 15 is 0 Å². The number of nitriles is 1. The van der Waals surface area contributed by atoms with Crippen molar-refractivity contribution in [3.8, 4) is 6.07 Å². The second-order valence-electron chi connectivity index (χ2n) is 6.61. The topological polar surface area (TPSA) is 52.9 Å². The van der Waals surface area contributed by atoms with Crippen molar-refractivity contribution < 1.29 is 4.79 Å². The first-order valence-corrected chi connectivity index (χ1v) is 10.6. The molecule has 1 amide bonds. The Kier molecular flexibility index (Phi) is 4.64. The van der Waals surface area contributed by atoms with Crippen molar-refractivity contribution in [2.45, 2.75) is 45.7 Å². The van der Waals surface area contributed by atoms with Gasteiger partial charge in [-0.2, -0.15) is 5.26 Å². The van der Waals surface area contributed by atoms with Crippen LogP contribution in [-0.2, 0) is 4.79 Å². The average Bonchev–Trinajstić information content (AvgIpc) is 3.31. The van der Waals surface area contributed by atoms with E-state index in [-0.39, 0.29) is 11.1 Å². The molecule has 1 aromatic rings. The predicted molar refractivity (Wildman–Crippen MR) is 95.2 cm³/mol. The Morgan fingerprint density at radius 2 is 1.77 bits per heavy atom. The minimum atomic E-state index is -1.23. The monoisotopic (exact) mass is 317 g/mol. The van der Waals surface area contributed by atoms with Crippen molar-refractivity contribution in [2.75, 3.05) is 24.3 Å². The summed E-state index contributed by atoms with van der Waals surface area (Å²) in [6.07, 6.45) is 4.31. The third kappa shape index (κ3) is 2.66. The number of carbonyl (C=O) groups is 1. The fraction of sp³-hybridized carbons (Fsp3) is 0.556. The van der Waals surface area contributed by atoms with Crippen LogP contribution < -0.4 is 5.32 Å². The predicted octanol–water partition coefficient (Wildman–Crippen LogP) is 4.33. The highest BCUT2D eigenvalue weighted by Gasteiger charge is 2.66. The molecule has 1 aromatic carbocycles. The summed E-state index contributed by atoms with van der Waals surface area (Å²) in [6, 6.07) is 5.85. The lowest BCUT2D eigenvalue weighted by Gasteiger charge is -2.29. The van der Waals surface area contributed by atoms with E-state index in [1.54, 1.807) is 0 Å². The Hall–Kier alpha value is -1.39. The molecule has 3 nitrogen and oxygen atoms in total. The maximum atomic E-state index is 13.0. The molecule has 0 aliphatic heterocycles. The molecule has 4 heteroatoms. The summed E-state index contributed by atoms with van der Waals surface area (Å²) in [4.78, 5) is 13.0. The Balaban J connectivity index is 2.29. The molecule has 1 N–H and O–H groups in total. The number of amides is 1. The van der Waals surface area contributed by atoms with E-state index in [1.807, 2.05) is 26.0 Å². The Morgan fingerprint density at radius 3 is 2.14 bits per heavy atom. The SMILES string of the molecule is CC[P+](C)(CC)C1(C(=O)Nc2c(C)cc(C#N)cc2C)CC1. The standard InChI is InChI=1S/C18H25N2OP/c1-6-22(5,7-2)18(8-9-18)17(21)20-16-13(3)10-15(12-19)11-14(16)4/h10-11H,6-9H2,1-5H3/p+1. The van der Waals surface area contributed by atoms with Gasteiger partial charge in [-0.25, -0.2) is 0 Å². The van der Waals surface area contributed by atoms with Crippen LogP contribution in [0.1, 0.15) is 43.4 Å². The minimum Gasteiger partial charge on any atom is -0.322 e. The molecular formula is C18H26N2OP+. The number of nitrogens with zero attached hydrogens (tertiary/aromatic N) is 1. The molecule has 0 bridgehead atoms. The quantitative estimate of drug-likeness (QED) is 0.822. The Bertz CT molecular complexity index is 614. The number of rotatable bonds is 5. The van der Waals surface area contributed by atoms with E-state index < -0.39 is 7.26 Å². The van der Waals surface area contributed by atoms with Gasteiger partial charge in [-0.3, -0.25) is 4.79 Å². The summed E-state index contributed by atoms with van der Waals surface area (Å²) < 4.78 is 0. The molecular weight excluding hydrogens is 291 g/mol. The highest BCUT2D eigenvalue weighted by molar-refractivity contribution is 7.77. The molecule has 1 aliphatic carbocycles. The number of anilines is 1. The van der Waals surface area contributed by atoms with Crippen LogP contribution in [0.4, 0.5) is 5.69 Å². The molecule has 118 valence electrons. The third-order valence-corrected chi connectivity index (χ3v) is 11.0. The van der Waals surface area contributed by atoms with Crippen LogP contribution in [0.5, 0.6) is 0 Å². The second-order valence-corrected chi connectivity index (χ2v) is 11.5. The summed E-state index contributed by atoms with van der Waals surface area (Å²) in [5.74, 6) is 0.197. The van der Waals surface area contributed by atoms with Crippen molar-refractivity contribution in [1.82, 2.24) is 0 Å². The number of aryl methyl sites for hydroxylation is 2. The summed E-state index contributed by atoms with van der Waals surface area (Å²) >= 11 is 0. The molecule has 0 heterocycles. The first kappa shape index (κ1) is 17.0. The van der Waals surface area contributed by atoms with Gasteiger partial charge in [-0.05, 0) is 51.0 Å². The zero-order valence-electron chi connectivity index (χ0n) is 14.3. The molecule has 0 aromatic heterocycles. The van der Waals surface area contributed by atoms with E-state index in [0.29, 0.717) is 5.56 Å². The van der Waals surface area contributed by atoms with Gasteiger partial charge in [0.25, 0.3) is 5.91 Å². The van der Waals surface area contributed by atoms with Crippen LogP contribution in [0.25, 0.3) is 0 Å². The molecule has 2 rings (SSSR count). The van der Waals surface area contributed by atoms with E-state index in [0.717, 1.165) is 42.0 Å². The van der Waals surface area contributed by atoms with Crippen molar-refractivity contribution in [3.05, 3.63) is 28.8 Å². The van der Waals surface area contributed by atoms with Gasteiger partial charge in [0, 0.05) is 32.5 Å². The smallest absolute Gasteiger partial charge is 0.268 e. The largest absolute Gasteiger partial charge is 0.322 e. The third-order valence-electron chi connectivity index (χ3n) is 5.48. The van der Waals surface area contributed by atoms with Crippen LogP contribution in [0.3, 0.4) is 0 Å². The van der Waals surface area contributed by atoms with Crippen LogP contribution in [-0.4, -0.2) is 30.1 Å². The summed E-state index contributed by atoms with van der Waals surface area (Å²) in [5.41, 5.74) is 3.46. The molecule has 0 saturated heterocycles. The van der Waals surface area contributed by atoms with Gasteiger partial charge in [0.15, 0.2) is 5.16 Å². The van der Waals surface area contributed by atoms with Crippen molar-refractivity contribution in [3.63, 3.8) is 0 Å². The highest BCUT2D eigenvalue weighted by Crippen LogP contribution is 2.75. The summed E-state index contributed by atoms with van der Waals surface area (Å²) in [6.45, 7) is 10.7. The van der Waals surface area contributed by atoms with Gasteiger partial charge >= 0.3 is 0 Å². The molecule has 1 saturated carbocycles. The zero-order chi connectivity index (χ0) is 16.5. The molecule has 1 fully saturated rings. The molecule has 0 radical (unpaired) electrons. The lowest BCUT2D eigenvalue weighted by atomic mass is 10.0. The number of carbonyl (C=O) groups excluding carboxylic acids is 1. The van der Waals surface area contributed by atoms with Crippen LogP contribution in [0.15, 0.2) is 12.1 Å². The lowest BCUT2D eigenvalue weighted by Crippen LogP contribution is -2.34. The van der Waals surface area contributed by atoms with Crippen LogP contribution in [0.2, 0.25) is 0 Å². The molecule has 0 atom stereocenters. The lowest BCUT2D eigenvalue weighted by molar-refractivity contribution is -0.116. The Labute approximate surface area is 134 Å². The van der Waals surface area contributed by atoms with E-state index in [1.165, 1.54) is 0 Å². The molecule has 0 spiro atoms. The fourth-order valence-corrected chi connectivity index (χ4v) is 6.81. The maximum absolute atomic E-state index is 13.0. The van der Waals surface area contributed by atoms with Crippen molar-refractivity contribution >= 4 is 18.9 Å².